The summed E-state index contributed by atoms with van der Waals surface area (Å²) < 4.78 is 38.9. The molecule has 0 spiro atoms. The molecule has 0 fully saturated rings. The SMILES string of the molecule is C[C@@H]1CCCCO[C@@H](CN(C)Cc2ccc(Cl)c(Cl)c2)[C@H](C)CN([C@@H](C)CO)C(=O)c2cc(NS(C)(=O)=O)ccc2O1. The van der Waals surface area contributed by atoms with Crippen molar-refractivity contribution in [3.63, 3.8) is 0 Å². The molecule has 0 bridgehead atoms. The van der Waals surface area contributed by atoms with Crippen molar-refractivity contribution in [2.45, 2.75) is 64.8 Å². The maximum atomic E-state index is 14.1. The molecule has 9 nitrogen and oxygen atoms in total. The van der Waals surface area contributed by atoms with Crippen LogP contribution in [0.15, 0.2) is 36.4 Å². The van der Waals surface area contributed by atoms with E-state index in [0.29, 0.717) is 42.0 Å². The minimum atomic E-state index is -3.56. The van der Waals surface area contributed by atoms with E-state index >= 15 is 0 Å². The Morgan fingerprint density at radius 2 is 1.88 bits per heavy atom. The first-order valence-electron chi connectivity index (χ1n) is 14.2. The fraction of sp³-hybridized carbons (Fsp3) is 0.567. The van der Waals surface area contributed by atoms with Crippen LogP contribution in [0.4, 0.5) is 5.69 Å². The number of aliphatic hydroxyl groups is 1. The Balaban J connectivity index is 1.92. The predicted molar refractivity (Wildman–Crippen MR) is 168 cm³/mol. The highest BCUT2D eigenvalue weighted by atomic mass is 35.5. The molecule has 4 atom stereocenters. The zero-order valence-electron chi connectivity index (χ0n) is 25.0. The van der Waals surface area contributed by atoms with E-state index in [1.54, 1.807) is 30.0 Å². The van der Waals surface area contributed by atoms with Gasteiger partial charge in [0.05, 0.1) is 46.7 Å². The molecule has 12 heteroatoms. The zero-order valence-corrected chi connectivity index (χ0v) is 27.3. The van der Waals surface area contributed by atoms with Gasteiger partial charge in [-0.2, -0.15) is 0 Å². The number of carbonyl (C=O) groups excluding carboxylic acids is 1. The van der Waals surface area contributed by atoms with Gasteiger partial charge in [-0.3, -0.25) is 14.4 Å². The third-order valence-corrected chi connectivity index (χ3v) is 8.63. The van der Waals surface area contributed by atoms with Crippen LogP contribution in [0.3, 0.4) is 0 Å². The van der Waals surface area contributed by atoms with Gasteiger partial charge in [-0.25, -0.2) is 8.42 Å². The number of hydrogen-bond acceptors (Lipinski definition) is 7. The lowest BCUT2D eigenvalue weighted by molar-refractivity contribution is -0.0177. The molecule has 1 amide bonds. The Labute approximate surface area is 260 Å². The number of nitrogens with one attached hydrogen (secondary N) is 1. The molecule has 0 unspecified atom stereocenters. The van der Waals surface area contributed by atoms with Gasteiger partial charge in [0, 0.05) is 37.8 Å². The number of rotatable bonds is 8. The Bertz CT molecular complexity index is 1310. The lowest BCUT2D eigenvalue weighted by Gasteiger charge is -2.36. The molecule has 1 heterocycles. The molecule has 234 valence electrons. The zero-order chi connectivity index (χ0) is 31.0. The van der Waals surface area contributed by atoms with Crippen LogP contribution in [0.5, 0.6) is 5.75 Å². The third kappa shape index (κ3) is 10.3. The summed E-state index contributed by atoms with van der Waals surface area (Å²) in [5.74, 6) is -0.0777. The van der Waals surface area contributed by atoms with Gasteiger partial charge in [0.25, 0.3) is 5.91 Å². The maximum absolute atomic E-state index is 14.1. The minimum absolute atomic E-state index is 0.0947. The molecule has 2 aromatic rings. The van der Waals surface area contributed by atoms with Gasteiger partial charge in [-0.05, 0) is 76.1 Å². The third-order valence-electron chi connectivity index (χ3n) is 7.28. The fourth-order valence-electron chi connectivity index (χ4n) is 4.98. The van der Waals surface area contributed by atoms with Gasteiger partial charge in [0.1, 0.15) is 5.75 Å². The van der Waals surface area contributed by atoms with Crippen molar-refractivity contribution in [2.75, 3.05) is 44.3 Å². The number of benzene rings is 2. The monoisotopic (exact) mass is 643 g/mol. The van der Waals surface area contributed by atoms with E-state index in [-0.39, 0.29) is 41.9 Å². The number of hydrogen-bond donors (Lipinski definition) is 2. The van der Waals surface area contributed by atoms with Crippen molar-refractivity contribution < 1.29 is 27.8 Å². The van der Waals surface area contributed by atoms with Gasteiger partial charge in [0.2, 0.25) is 10.0 Å². The molecule has 0 saturated carbocycles. The quantitative estimate of drug-likeness (QED) is 0.402. The molecular weight excluding hydrogens is 601 g/mol. The summed E-state index contributed by atoms with van der Waals surface area (Å²) in [5, 5.41) is 11.1. The second kappa shape index (κ2) is 15.6. The normalized spacial score (nSPS) is 21.8. The Morgan fingerprint density at radius 3 is 2.55 bits per heavy atom. The summed E-state index contributed by atoms with van der Waals surface area (Å²) >= 11 is 12.3. The van der Waals surface area contributed by atoms with Gasteiger partial charge >= 0.3 is 0 Å². The molecule has 0 radical (unpaired) electrons. The van der Waals surface area contributed by atoms with Crippen LogP contribution in [0.25, 0.3) is 0 Å². The number of nitrogens with zero attached hydrogens (tertiary/aromatic N) is 2. The first-order valence-corrected chi connectivity index (χ1v) is 16.9. The molecule has 0 aliphatic carbocycles. The molecule has 42 heavy (non-hydrogen) atoms. The Hall–Kier alpha value is -2.08. The molecule has 1 aliphatic rings. The highest BCUT2D eigenvalue weighted by molar-refractivity contribution is 7.92. The van der Waals surface area contributed by atoms with Crippen LogP contribution < -0.4 is 9.46 Å². The summed E-state index contributed by atoms with van der Waals surface area (Å²) in [6.07, 6.45) is 3.17. The van der Waals surface area contributed by atoms with Crippen molar-refractivity contribution >= 4 is 44.8 Å². The van der Waals surface area contributed by atoms with E-state index in [0.717, 1.165) is 31.1 Å². The second-order valence-corrected chi connectivity index (χ2v) is 13.9. The highest BCUT2D eigenvalue weighted by Gasteiger charge is 2.30. The van der Waals surface area contributed by atoms with Gasteiger partial charge in [-0.1, -0.05) is 36.2 Å². The summed E-state index contributed by atoms with van der Waals surface area (Å²) in [6.45, 7) is 7.65. The number of ether oxygens (including phenoxy) is 2. The van der Waals surface area contributed by atoms with Gasteiger partial charge in [-0.15, -0.1) is 0 Å². The van der Waals surface area contributed by atoms with Crippen molar-refractivity contribution in [3.8, 4) is 5.75 Å². The van der Waals surface area contributed by atoms with Crippen LogP contribution in [0.1, 0.15) is 56.0 Å². The predicted octanol–water partition coefficient (Wildman–Crippen LogP) is 5.29. The summed E-state index contributed by atoms with van der Waals surface area (Å²) in [4.78, 5) is 17.9. The molecule has 3 rings (SSSR count). The van der Waals surface area contributed by atoms with Crippen molar-refractivity contribution in [2.24, 2.45) is 5.92 Å². The number of anilines is 1. The summed E-state index contributed by atoms with van der Waals surface area (Å²) in [5.41, 5.74) is 1.52. The van der Waals surface area contributed by atoms with Crippen molar-refractivity contribution in [3.05, 3.63) is 57.6 Å². The van der Waals surface area contributed by atoms with E-state index < -0.39 is 16.1 Å². The maximum Gasteiger partial charge on any atom is 0.258 e. The number of amides is 1. The van der Waals surface area contributed by atoms with Crippen LogP contribution >= 0.6 is 23.2 Å². The lowest BCUT2D eigenvalue weighted by atomic mass is 10.0. The second-order valence-electron chi connectivity index (χ2n) is 11.3. The number of likely N-dealkylation sites (N-methyl/N-ethyl adjacent to an activating group) is 1. The van der Waals surface area contributed by atoms with Crippen LogP contribution in [0.2, 0.25) is 10.0 Å². The Morgan fingerprint density at radius 1 is 1.14 bits per heavy atom. The van der Waals surface area contributed by atoms with E-state index in [1.807, 2.05) is 33.0 Å². The summed E-state index contributed by atoms with van der Waals surface area (Å²) in [7, 11) is -1.55. The Kier molecular flexibility index (Phi) is 12.8. The van der Waals surface area contributed by atoms with Crippen LogP contribution in [-0.4, -0.2) is 87.1 Å². The van der Waals surface area contributed by atoms with E-state index in [1.165, 1.54) is 6.07 Å². The highest BCUT2D eigenvalue weighted by Crippen LogP contribution is 2.29. The summed E-state index contributed by atoms with van der Waals surface area (Å²) in [6, 6.07) is 9.79. The van der Waals surface area contributed by atoms with Gasteiger partial charge in [0.15, 0.2) is 0 Å². The smallest absolute Gasteiger partial charge is 0.258 e. The molecular formula is C30H43Cl2N3O6S. The number of fused-ring (bicyclic) bond motifs is 1. The molecule has 0 aromatic heterocycles. The standard InChI is InChI=1S/C30H43Cl2N3O6S/c1-20-16-35(21(2)19-36)30(37)25-15-24(33-42(5,38)39)10-12-28(25)41-22(3)8-6-7-13-40-29(20)18-34(4)17-23-9-11-26(31)27(32)14-23/h9-12,14-15,20-22,29,33,36H,6-8,13,16-19H2,1-5H3/t20-,21+,22-,29+/m1/s1. The van der Waals surface area contributed by atoms with E-state index in [9.17, 15) is 18.3 Å². The number of aliphatic hydroxyl groups excluding tert-OH is 1. The molecule has 2 aromatic carbocycles. The fourth-order valence-corrected chi connectivity index (χ4v) is 5.86. The van der Waals surface area contributed by atoms with Crippen LogP contribution in [-0.2, 0) is 21.3 Å². The van der Waals surface area contributed by atoms with E-state index in [2.05, 4.69) is 9.62 Å². The van der Waals surface area contributed by atoms with Crippen molar-refractivity contribution in [1.29, 1.82) is 0 Å². The lowest BCUT2D eigenvalue weighted by Crippen LogP contribution is -2.47. The largest absolute Gasteiger partial charge is 0.490 e. The molecule has 0 saturated heterocycles. The average molecular weight is 645 g/mol. The number of halogens is 2. The van der Waals surface area contributed by atoms with Crippen LogP contribution in [0, 0.1) is 5.92 Å². The first-order chi connectivity index (χ1) is 19.8. The average Bonchev–Trinajstić information content (AvgIpc) is 2.91. The molecule has 2 N–H and O–H groups in total. The number of carbonyl (C=O) groups is 1. The number of sulfonamides is 1. The molecule has 1 aliphatic heterocycles. The topological polar surface area (TPSA) is 108 Å². The minimum Gasteiger partial charge on any atom is -0.490 e. The first kappa shape index (κ1) is 34.4. The van der Waals surface area contributed by atoms with Gasteiger partial charge < -0.3 is 19.5 Å². The van der Waals surface area contributed by atoms with E-state index in [4.69, 9.17) is 32.7 Å². The van der Waals surface area contributed by atoms with Crippen molar-refractivity contribution in [1.82, 2.24) is 9.80 Å².